The van der Waals surface area contributed by atoms with Gasteiger partial charge in [-0.1, -0.05) is 6.07 Å². The maximum atomic E-state index is 13.5. The summed E-state index contributed by atoms with van der Waals surface area (Å²) >= 11 is 0. The van der Waals surface area contributed by atoms with E-state index < -0.39 is 11.6 Å². The zero-order chi connectivity index (χ0) is 14.0. The fourth-order valence-electron chi connectivity index (χ4n) is 1.61. The Kier molecular flexibility index (Phi) is 3.59. The average Bonchev–Trinajstić information content (AvgIpc) is 2.38. The lowest BCUT2D eigenvalue weighted by Gasteiger charge is -2.12. The number of anilines is 1. The lowest BCUT2D eigenvalue weighted by molar-refractivity contribution is 0.402. The first-order chi connectivity index (χ1) is 9.02. The molecule has 0 aliphatic rings. The summed E-state index contributed by atoms with van der Waals surface area (Å²) in [7, 11) is 1.71. The summed E-state index contributed by atoms with van der Waals surface area (Å²) in [5, 5.41) is 2.89. The molecule has 0 spiro atoms. The Morgan fingerprint density at radius 3 is 2.58 bits per heavy atom. The summed E-state index contributed by atoms with van der Waals surface area (Å²) in [6.45, 7) is 3.42. The molecule has 6 heteroatoms. The lowest BCUT2D eigenvalue weighted by atomic mass is 10.3. The predicted octanol–water partition coefficient (Wildman–Crippen LogP) is 3.21. The van der Waals surface area contributed by atoms with Crippen LogP contribution in [0.5, 0.6) is 11.6 Å². The van der Waals surface area contributed by atoms with Crippen LogP contribution in [0.4, 0.5) is 14.6 Å². The zero-order valence-corrected chi connectivity index (χ0v) is 10.8. The van der Waals surface area contributed by atoms with E-state index in [4.69, 9.17) is 4.74 Å². The molecule has 1 N–H and O–H groups in total. The monoisotopic (exact) mass is 265 g/mol. The molecule has 0 radical (unpaired) electrons. The van der Waals surface area contributed by atoms with Gasteiger partial charge in [0.15, 0.2) is 11.6 Å². The minimum absolute atomic E-state index is 0.196. The van der Waals surface area contributed by atoms with E-state index in [-0.39, 0.29) is 11.6 Å². The Balaban J connectivity index is 2.43. The molecule has 0 unspecified atom stereocenters. The first-order valence-corrected chi connectivity index (χ1v) is 5.67. The van der Waals surface area contributed by atoms with E-state index in [0.29, 0.717) is 17.2 Å². The van der Waals surface area contributed by atoms with Gasteiger partial charge in [-0.25, -0.2) is 9.37 Å². The minimum Gasteiger partial charge on any atom is -0.435 e. The van der Waals surface area contributed by atoms with Gasteiger partial charge in [0.25, 0.3) is 0 Å². The third-order valence-electron chi connectivity index (χ3n) is 2.57. The van der Waals surface area contributed by atoms with Crippen molar-refractivity contribution in [1.29, 1.82) is 0 Å². The van der Waals surface area contributed by atoms with Crippen LogP contribution in [0.3, 0.4) is 0 Å². The highest BCUT2D eigenvalue weighted by atomic mass is 19.2. The number of nitrogens with zero attached hydrogens (tertiary/aromatic N) is 2. The second-order valence-electron chi connectivity index (χ2n) is 3.95. The Morgan fingerprint density at radius 1 is 1.16 bits per heavy atom. The van der Waals surface area contributed by atoms with E-state index in [1.807, 2.05) is 0 Å². The van der Waals surface area contributed by atoms with E-state index in [1.165, 1.54) is 12.1 Å². The quantitative estimate of drug-likeness (QED) is 0.925. The number of nitrogens with one attached hydrogen (secondary N) is 1. The van der Waals surface area contributed by atoms with Gasteiger partial charge in [0.1, 0.15) is 11.6 Å². The Bertz CT molecular complexity index is 617. The molecule has 19 heavy (non-hydrogen) atoms. The highest BCUT2D eigenvalue weighted by molar-refractivity contribution is 5.49. The number of aryl methyl sites for hydroxylation is 1. The van der Waals surface area contributed by atoms with E-state index >= 15 is 0 Å². The predicted molar refractivity (Wildman–Crippen MR) is 67.5 cm³/mol. The van der Waals surface area contributed by atoms with Crippen molar-refractivity contribution in [3.05, 3.63) is 41.2 Å². The number of rotatable bonds is 3. The fourth-order valence-corrected chi connectivity index (χ4v) is 1.61. The maximum Gasteiger partial charge on any atom is 0.227 e. The second kappa shape index (κ2) is 5.17. The van der Waals surface area contributed by atoms with Crippen molar-refractivity contribution in [2.24, 2.45) is 0 Å². The molecule has 0 aliphatic carbocycles. The highest BCUT2D eigenvalue weighted by Crippen LogP contribution is 2.29. The summed E-state index contributed by atoms with van der Waals surface area (Å²) in [6.07, 6.45) is 0. The number of hydrogen-bond acceptors (Lipinski definition) is 4. The molecular weight excluding hydrogens is 252 g/mol. The Morgan fingerprint density at radius 2 is 1.89 bits per heavy atom. The number of ether oxygens (including phenoxy) is 1. The minimum atomic E-state index is -1.04. The van der Waals surface area contributed by atoms with Gasteiger partial charge in [-0.15, -0.1) is 0 Å². The van der Waals surface area contributed by atoms with Crippen LogP contribution in [0, 0.1) is 25.5 Å². The third-order valence-corrected chi connectivity index (χ3v) is 2.57. The molecule has 0 amide bonds. The SMILES string of the molecule is CNc1nc(C)nc(Oc2cccc(F)c2F)c1C. The standard InChI is InChI=1S/C13H13F2N3O/c1-7-12(16-3)17-8(2)18-13(7)19-10-6-4-5-9(14)11(10)15/h4-6H,1-3H3,(H,16,17,18). The summed E-state index contributed by atoms with van der Waals surface area (Å²) in [4.78, 5) is 8.25. The van der Waals surface area contributed by atoms with E-state index in [2.05, 4.69) is 15.3 Å². The summed E-state index contributed by atoms with van der Waals surface area (Å²) in [5.74, 6) is -0.954. The van der Waals surface area contributed by atoms with E-state index in [1.54, 1.807) is 20.9 Å². The molecule has 2 aromatic rings. The van der Waals surface area contributed by atoms with Crippen molar-refractivity contribution in [1.82, 2.24) is 9.97 Å². The maximum absolute atomic E-state index is 13.5. The third kappa shape index (κ3) is 2.62. The first kappa shape index (κ1) is 13.2. The Hall–Kier alpha value is -2.24. The van der Waals surface area contributed by atoms with Gasteiger partial charge in [-0.2, -0.15) is 9.37 Å². The molecule has 0 atom stereocenters. The highest BCUT2D eigenvalue weighted by Gasteiger charge is 2.14. The lowest BCUT2D eigenvalue weighted by Crippen LogP contribution is -2.03. The van der Waals surface area contributed by atoms with Gasteiger partial charge < -0.3 is 10.1 Å². The van der Waals surface area contributed by atoms with E-state index in [0.717, 1.165) is 6.07 Å². The van der Waals surface area contributed by atoms with Crippen LogP contribution < -0.4 is 10.1 Å². The van der Waals surface area contributed by atoms with Crippen molar-refractivity contribution in [2.75, 3.05) is 12.4 Å². The number of halogens is 2. The molecule has 0 bridgehead atoms. The van der Waals surface area contributed by atoms with Crippen LogP contribution in [0.2, 0.25) is 0 Å². The van der Waals surface area contributed by atoms with Crippen LogP contribution in [0.25, 0.3) is 0 Å². The molecule has 100 valence electrons. The van der Waals surface area contributed by atoms with Gasteiger partial charge >= 0.3 is 0 Å². The largest absolute Gasteiger partial charge is 0.435 e. The molecule has 1 aromatic carbocycles. The molecule has 0 saturated heterocycles. The molecule has 0 fully saturated rings. The summed E-state index contributed by atoms with van der Waals surface area (Å²) in [6, 6.07) is 3.74. The second-order valence-corrected chi connectivity index (χ2v) is 3.95. The molecule has 0 saturated carbocycles. The molecule has 1 aromatic heterocycles. The fraction of sp³-hybridized carbons (Fsp3) is 0.231. The summed E-state index contributed by atoms with van der Waals surface area (Å²) < 4.78 is 32.0. The van der Waals surface area contributed by atoms with Crippen LogP contribution in [0.1, 0.15) is 11.4 Å². The average molecular weight is 265 g/mol. The molecule has 2 rings (SSSR count). The number of benzene rings is 1. The van der Waals surface area contributed by atoms with Crippen molar-refractivity contribution in [2.45, 2.75) is 13.8 Å². The number of hydrogen-bond donors (Lipinski definition) is 1. The van der Waals surface area contributed by atoms with Crippen LogP contribution in [0.15, 0.2) is 18.2 Å². The zero-order valence-electron chi connectivity index (χ0n) is 10.8. The van der Waals surface area contributed by atoms with Gasteiger partial charge in [0, 0.05) is 7.05 Å². The van der Waals surface area contributed by atoms with Gasteiger partial charge in [-0.3, -0.25) is 0 Å². The Labute approximate surface area is 109 Å². The van der Waals surface area contributed by atoms with Crippen molar-refractivity contribution in [3.63, 3.8) is 0 Å². The van der Waals surface area contributed by atoms with Crippen LogP contribution >= 0.6 is 0 Å². The van der Waals surface area contributed by atoms with Crippen molar-refractivity contribution >= 4 is 5.82 Å². The smallest absolute Gasteiger partial charge is 0.227 e. The topological polar surface area (TPSA) is 47.0 Å². The molecule has 1 heterocycles. The van der Waals surface area contributed by atoms with Gasteiger partial charge in [0.05, 0.1) is 5.56 Å². The van der Waals surface area contributed by atoms with E-state index in [9.17, 15) is 8.78 Å². The normalized spacial score (nSPS) is 10.4. The van der Waals surface area contributed by atoms with Crippen molar-refractivity contribution in [3.8, 4) is 11.6 Å². The number of aromatic nitrogens is 2. The molecular formula is C13H13F2N3O. The van der Waals surface area contributed by atoms with Gasteiger partial charge in [0.2, 0.25) is 11.7 Å². The first-order valence-electron chi connectivity index (χ1n) is 5.67. The van der Waals surface area contributed by atoms with Gasteiger partial charge in [-0.05, 0) is 26.0 Å². The van der Waals surface area contributed by atoms with Crippen molar-refractivity contribution < 1.29 is 13.5 Å². The summed E-state index contributed by atoms with van der Waals surface area (Å²) in [5.41, 5.74) is 0.622. The molecule has 4 nitrogen and oxygen atoms in total. The molecule has 0 aliphatic heterocycles. The van der Waals surface area contributed by atoms with Crippen LogP contribution in [-0.4, -0.2) is 17.0 Å². The van der Waals surface area contributed by atoms with Crippen LogP contribution in [-0.2, 0) is 0 Å².